The number of hydrazone groups is 1. The minimum absolute atomic E-state index is 0.185. The van der Waals surface area contributed by atoms with Crippen molar-refractivity contribution in [2.75, 3.05) is 5.75 Å². The van der Waals surface area contributed by atoms with Crippen LogP contribution in [0.4, 0.5) is 0 Å². The van der Waals surface area contributed by atoms with Gasteiger partial charge in [-0.3, -0.25) is 4.79 Å². The number of rotatable bonds is 8. The van der Waals surface area contributed by atoms with Gasteiger partial charge in [0.25, 0.3) is 5.91 Å². The predicted molar refractivity (Wildman–Crippen MR) is 136 cm³/mol. The van der Waals surface area contributed by atoms with Crippen LogP contribution >= 0.6 is 46.5 Å². The van der Waals surface area contributed by atoms with Crippen LogP contribution in [0.2, 0.25) is 5.02 Å². The molecular weight excluding hydrogens is 480 g/mol. The minimum Gasteiger partial charge on any atom is -0.272 e. The second-order valence-electron chi connectivity index (χ2n) is 6.76. The van der Waals surface area contributed by atoms with Gasteiger partial charge in [0.1, 0.15) is 0 Å². The summed E-state index contributed by atoms with van der Waals surface area (Å²) in [6.45, 7) is 1.89. The van der Waals surface area contributed by atoms with Crippen molar-refractivity contribution in [3.8, 4) is 0 Å². The van der Waals surface area contributed by atoms with Crippen molar-refractivity contribution in [2.24, 2.45) is 5.10 Å². The molecule has 0 aliphatic heterocycles. The minimum atomic E-state index is -0.185. The van der Waals surface area contributed by atoms with Crippen molar-refractivity contribution < 1.29 is 4.79 Å². The molecule has 162 valence electrons. The van der Waals surface area contributed by atoms with E-state index in [2.05, 4.69) is 38.9 Å². The summed E-state index contributed by atoms with van der Waals surface area (Å²) in [4.78, 5) is 12.3. The van der Waals surface area contributed by atoms with Gasteiger partial charge in [-0.1, -0.05) is 107 Å². The summed E-state index contributed by atoms with van der Waals surface area (Å²) >= 11 is 10.6. The smallest absolute Gasteiger partial charge is 0.250 e. The zero-order valence-corrected chi connectivity index (χ0v) is 20.3. The Labute approximate surface area is 203 Å². The molecule has 0 fully saturated rings. The molecular formula is C23H19ClN4OS3. The standard InChI is InChI=1S/C23H19ClN4OS3/c1-15(18-11-6-9-16-7-2-4-10-19(16)18)25-26-21(29)14-31-23-28-27-22(32-23)30-13-17-8-3-5-12-20(17)24/h2-12H,13-14H2,1H3,(H,26,29)/b25-15+. The fourth-order valence-electron chi connectivity index (χ4n) is 2.98. The summed E-state index contributed by atoms with van der Waals surface area (Å²) in [5.74, 6) is 0.757. The van der Waals surface area contributed by atoms with E-state index in [-0.39, 0.29) is 11.7 Å². The third-order valence-corrected chi connectivity index (χ3v) is 8.16. The van der Waals surface area contributed by atoms with Crippen molar-refractivity contribution in [1.82, 2.24) is 15.6 Å². The normalized spacial score (nSPS) is 11.6. The van der Waals surface area contributed by atoms with Crippen LogP contribution in [0.1, 0.15) is 18.1 Å². The monoisotopic (exact) mass is 498 g/mol. The van der Waals surface area contributed by atoms with Crippen LogP contribution in [0.25, 0.3) is 10.8 Å². The Kier molecular flexibility index (Phi) is 7.81. The van der Waals surface area contributed by atoms with Crippen LogP contribution < -0.4 is 5.43 Å². The lowest BCUT2D eigenvalue weighted by Gasteiger charge is -2.06. The van der Waals surface area contributed by atoms with Crippen molar-refractivity contribution >= 4 is 68.9 Å². The Morgan fingerprint density at radius 3 is 2.56 bits per heavy atom. The van der Waals surface area contributed by atoms with Crippen molar-refractivity contribution in [2.45, 2.75) is 21.4 Å². The zero-order chi connectivity index (χ0) is 22.3. The quantitative estimate of drug-likeness (QED) is 0.176. The lowest BCUT2D eigenvalue weighted by molar-refractivity contribution is -0.118. The Bertz CT molecular complexity index is 1270. The first-order valence-electron chi connectivity index (χ1n) is 9.74. The topological polar surface area (TPSA) is 67.2 Å². The Morgan fingerprint density at radius 1 is 1.00 bits per heavy atom. The largest absolute Gasteiger partial charge is 0.272 e. The highest BCUT2D eigenvalue weighted by atomic mass is 35.5. The maximum atomic E-state index is 12.3. The van der Waals surface area contributed by atoms with E-state index in [1.54, 1.807) is 11.8 Å². The van der Waals surface area contributed by atoms with Gasteiger partial charge in [0, 0.05) is 16.3 Å². The van der Waals surface area contributed by atoms with Crippen LogP contribution in [-0.2, 0) is 10.5 Å². The summed E-state index contributed by atoms with van der Waals surface area (Å²) in [6, 6.07) is 21.9. The third kappa shape index (κ3) is 5.89. The van der Waals surface area contributed by atoms with E-state index in [1.165, 1.54) is 23.1 Å². The molecule has 4 aromatic rings. The summed E-state index contributed by atoms with van der Waals surface area (Å²) < 4.78 is 1.59. The predicted octanol–water partition coefficient (Wildman–Crippen LogP) is 6.27. The number of aromatic nitrogens is 2. The molecule has 1 N–H and O–H groups in total. The van der Waals surface area contributed by atoms with E-state index in [1.807, 2.05) is 55.5 Å². The molecule has 1 amide bonds. The van der Waals surface area contributed by atoms with Gasteiger partial charge < -0.3 is 0 Å². The number of fused-ring (bicyclic) bond motifs is 1. The highest BCUT2D eigenvalue weighted by Gasteiger charge is 2.10. The highest BCUT2D eigenvalue weighted by molar-refractivity contribution is 8.03. The molecule has 0 unspecified atom stereocenters. The van der Waals surface area contributed by atoms with Gasteiger partial charge in [-0.15, -0.1) is 10.2 Å². The number of hydrogen-bond donors (Lipinski definition) is 1. The second kappa shape index (κ2) is 11.0. The van der Waals surface area contributed by atoms with Gasteiger partial charge in [0.15, 0.2) is 8.68 Å². The number of amides is 1. The van der Waals surface area contributed by atoms with Gasteiger partial charge in [-0.05, 0) is 29.3 Å². The maximum Gasteiger partial charge on any atom is 0.250 e. The number of benzene rings is 3. The lowest BCUT2D eigenvalue weighted by Crippen LogP contribution is -2.21. The summed E-state index contributed by atoms with van der Waals surface area (Å²) in [6.07, 6.45) is 0. The van der Waals surface area contributed by atoms with Crippen LogP contribution in [0.3, 0.4) is 0 Å². The van der Waals surface area contributed by atoms with E-state index < -0.39 is 0 Å². The third-order valence-electron chi connectivity index (χ3n) is 4.55. The van der Waals surface area contributed by atoms with Crippen LogP contribution in [0.15, 0.2) is 80.5 Å². The molecule has 1 heterocycles. The lowest BCUT2D eigenvalue weighted by atomic mass is 10.0. The van der Waals surface area contributed by atoms with E-state index in [0.717, 1.165) is 47.1 Å². The van der Waals surface area contributed by atoms with Crippen LogP contribution in [0.5, 0.6) is 0 Å². The molecule has 0 aliphatic carbocycles. The molecule has 4 rings (SSSR count). The maximum absolute atomic E-state index is 12.3. The number of nitrogens with zero attached hydrogens (tertiary/aromatic N) is 3. The highest BCUT2D eigenvalue weighted by Crippen LogP contribution is 2.32. The molecule has 9 heteroatoms. The zero-order valence-electron chi connectivity index (χ0n) is 17.1. The van der Waals surface area contributed by atoms with Crippen LogP contribution in [-0.4, -0.2) is 27.6 Å². The number of hydrogen-bond acceptors (Lipinski definition) is 7. The molecule has 32 heavy (non-hydrogen) atoms. The average Bonchev–Trinajstić information content (AvgIpc) is 3.28. The second-order valence-corrected chi connectivity index (χ2v) is 10.6. The number of halogens is 1. The summed E-state index contributed by atoms with van der Waals surface area (Å²) in [7, 11) is 0. The number of nitrogens with one attached hydrogen (secondary N) is 1. The molecule has 0 saturated carbocycles. The number of carbonyl (C=O) groups excluding carboxylic acids is 1. The summed E-state index contributed by atoms with van der Waals surface area (Å²) in [5.41, 5.74) is 5.46. The van der Waals surface area contributed by atoms with Crippen molar-refractivity contribution in [3.05, 3.63) is 82.9 Å². The molecule has 0 bridgehead atoms. The van der Waals surface area contributed by atoms with Gasteiger partial charge in [-0.2, -0.15) is 5.10 Å². The molecule has 0 saturated heterocycles. The van der Waals surface area contributed by atoms with E-state index in [0.29, 0.717) is 0 Å². The fourth-order valence-corrected chi connectivity index (χ4v) is 6.07. The van der Waals surface area contributed by atoms with Gasteiger partial charge >= 0.3 is 0 Å². The van der Waals surface area contributed by atoms with Crippen molar-refractivity contribution in [3.63, 3.8) is 0 Å². The molecule has 0 atom stereocenters. The first-order valence-corrected chi connectivity index (χ1v) is 12.9. The average molecular weight is 499 g/mol. The SMILES string of the molecule is C/C(=N\NC(=O)CSc1nnc(SCc2ccccc2Cl)s1)c1cccc2ccccc12. The molecule has 1 aromatic heterocycles. The molecule has 0 radical (unpaired) electrons. The number of thioether (sulfide) groups is 2. The summed E-state index contributed by atoms with van der Waals surface area (Å²) in [5, 5.41) is 15.6. The van der Waals surface area contributed by atoms with Crippen LogP contribution in [0, 0.1) is 0 Å². The van der Waals surface area contributed by atoms with Gasteiger partial charge in [-0.25, -0.2) is 5.43 Å². The Hall–Kier alpha value is -2.39. The fraction of sp³-hybridized carbons (Fsp3) is 0.130. The van der Waals surface area contributed by atoms with Crippen molar-refractivity contribution in [1.29, 1.82) is 0 Å². The number of carbonyl (C=O) groups is 1. The van der Waals surface area contributed by atoms with Gasteiger partial charge in [0.05, 0.1) is 11.5 Å². The van der Waals surface area contributed by atoms with E-state index in [9.17, 15) is 4.79 Å². The van der Waals surface area contributed by atoms with E-state index in [4.69, 9.17) is 11.6 Å². The molecule has 0 spiro atoms. The first kappa shape index (κ1) is 22.8. The van der Waals surface area contributed by atoms with E-state index >= 15 is 0 Å². The molecule has 3 aromatic carbocycles. The Balaban J connectivity index is 1.29. The molecule has 0 aliphatic rings. The van der Waals surface area contributed by atoms with Gasteiger partial charge in [0.2, 0.25) is 0 Å². The first-order chi connectivity index (χ1) is 15.6. The molecule has 5 nitrogen and oxygen atoms in total. The Morgan fingerprint density at radius 2 is 1.72 bits per heavy atom.